The van der Waals surface area contributed by atoms with Crippen LogP contribution in [0.25, 0.3) is 0 Å². The van der Waals surface area contributed by atoms with Crippen molar-refractivity contribution < 1.29 is 0 Å². The Kier molecular flexibility index (Phi) is 4.47. The summed E-state index contributed by atoms with van der Waals surface area (Å²) < 4.78 is 0. The molecule has 0 aromatic heterocycles. The molecule has 0 amide bonds. The second kappa shape index (κ2) is 6.57. The number of piperazine rings is 1. The average molecular weight is 313 g/mol. The molecule has 4 rings (SSSR count). The molecule has 0 bridgehead atoms. The third-order valence-electron chi connectivity index (χ3n) is 6.62. The Morgan fingerprint density at radius 1 is 1.04 bits per heavy atom. The Labute approximate surface area is 141 Å². The van der Waals surface area contributed by atoms with Crippen LogP contribution in [0.1, 0.15) is 57.4 Å². The van der Waals surface area contributed by atoms with Gasteiger partial charge in [-0.1, -0.05) is 49.6 Å². The van der Waals surface area contributed by atoms with Gasteiger partial charge in [-0.3, -0.25) is 4.90 Å². The first-order valence-electron chi connectivity index (χ1n) is 9.78. The molecule has 1 aromatic carbocycles. The van der Waals surface area contributed by atoms with Crippen molar-refractivity contribution in [1.29, 1.82) is 0 Å². The molecule has 2 aliphatic carbocycles. The van der Waals surface area contributed by atoms with E-state index in [0.717, 1.165) is 24.4 Å². The number of hydrogen-bond acceptors (Lipinski definition) is 2. The summed E-state index contributed by atoms with van der Waals surface area (Å²) in [6.07, 6.45) is 10.1. The van der Waals surface area contributed by atoms with E-state index in [-0.39, 0.29) is 0 Å². The summed E-state index contributed by atoms with van der Waals surface area (Å²) in [5, 5.41) is 3.98. The number of hydrogen-bond donors (Lipinski definition) is 1. The first-order chi connectivity index (χ1) is 11.2. The highest BCUT2D eigenvalue weighted by atomic mass is 15.3. The molecule has 0 spiro atoms. The second-order valence-electron chi connectivity index (χ2n) is 8.43. The number of rotatable bonds is 4. The van der Waals surface area contributed by atoms with Crippen molar-refractivity contribution in [3.8, 4) is 0 Å². The lowest BCUT2D eigenvalue weighted by Gasteiger charge is -2.50. The molecule has 2 atom stereocenters. The van der Waals surface area contributed by atoms with Crippen LogP contribution >= 0.6 is 0 Å². The van der Waals surface area contributed by atoms with Gasteiger partial charge in [0.15, 0.2) is 0 Å². The van der Waals surface area contributed by atoms with E-state index in [2.05, 4.69) is 47.5 Å². The van der Waals surface area contributed by atoms with Gasteiger partial charge in [0.25, 0.3) is 0 Å². The molecule has 2 nitrogen and oxygen atoms in total. The summed E-state index contributed by atoms with van der Waals surface area (Å²) in [5.41, 5.74) is 1.83. The van der Waals surface area contributed by atoms with Gasteiger partial charge in [0.2, 0.25) is 0 Å². The quantitative estimate of drug-likeness (QED) is 0.896. The van der Waals surface area contributed by atoms with E-state index in [4.69, 9.17) is 0 Å². The predicted molar refractivity (Wildman–Crippen MR) is 96.3 cm³/mol. The minimum atomic E-state index is 0.347. The fourth-order valence-corrected chi connectivity index (χ4v) is 5.03. The van der Waals surface area contributed by atoms with E-state index < -0.39 is 0 Å². The summed E-state index contributed by atoms with van der Waals surface area (Å²) in [5.74, 6) is 1.82. The van der Waals surface area contributed by atoms with E-state index in [1.807, 2.05) is 0 Å². The van der Waals surface area contributed by atoms with Crippen LogP contribution < -0.4 is 5.32 Å². The highest BCUT2D eigenvalue weighted by molar-refractivity contribution is 5.16. The Hall–Kier alpha value is -0.860. The zero-order valence-corrected chi connectivity index (χ0v) is 14.6. The minimum Gasteiger partial charge on any atom is -0.308 e. The SMILES string of the molecule is CC1(C2CC2)CN(Cc2ccccc2)C(C2CCCCC2)CN1. The Morgan fingerprint density at radius 3 is 2.48 bits per heavy atom. The maximum atomic E-state index is 3.98. The Bertz CT molecular complexity index is 504. The van der Waals surface area contributed by atoms with Gasteiger partial charge in [-0.25, -0.2) is 0 Å². The molecule has 1 heterocycles. The number of nitrogens with one attached hydrogen (secondary N) is 1. The largest absolute Gasteiger partial charge is 0.308 e. The van der Waals surface area contributed by atoms with E-state index in [9.17, 15) is 0 Å². The van der Waals surface area contributed by atoms with Gasteiger partial charge >= 0.3 is 0 Å². The lowest BCUT2D eigenvalue weighted by atomic mass is 9.80. The molecule has 1 aromatic rings. The van der Waals surface area contributed by atoms with Gasteiger partial charge in [0.1, 0.15) is 0 Å². The van der Waals surface area contributed by atoms with Crippen LogP contribution in [-0.2, 0) is 6.54 Å². The van der Waals surface area contributed by atoms with Gasteiger partial charge in [-0.2, -0.15) is 0 Å². The molecule has 1 saturated heterocycles. The van der Waals surface area contributed by atoms with Crippen molar-refractivity contribution in [1.82, 2.24) is 10.2 Å². The fraction of sp³-hybridized carbons (Fsp3) is 0.714. The summed E-state index contributed by atoms with van der Waals surface area (Å²) in [4.78, 5) is 2.83. The van der Waals surface area contributed by atoms with Crippen molar-refractivity contribution in [3.63, 3.8) is 0 Å². The van der Waals surface area contributed by atoms with Gasteiger partial charge < -0.3 is 5.32 Å². The third kappa shape index (κ3) is 3.49. The molecule has 2 heteroatoms. The zero-order valence-electron chi connectivity index (χ0n) is 14.6. The molecule has 126 valence electrons. The average Bonchev–Trinajstić information content (AvgIpc) is 3.42. The van der Waals surface area contributed by atoms with E-state index in [1.165, 1.54) is 63.6 Å². The Morgan fingerprint density at radius 2 is 1.78 bits per heavy atom. The van der Waals surface area contributed by atoms with E-state index >= 15 is 0 Å². The van der Waals surface area contributed by atoms with E-state index in [0.29, 0.717) is 5.54 Å². The molecule has 0 radical (unpaired) electrons. The van der Waals surface area contributed by atoms with Crippen LogP contribution in [0.5, 0.6) is 0 Å². The van der Waals surface area contributed by atoms with Crippen molar-refractivity contribution in [2.24, 2.45) is 11.8 Å². The molecule has 2 unspecified atom stereocenters. The van der Waals surface area contributed by atoms with Gasteiger partial charge in [-0.15, -0.1) is 0 Å². The summed E-state index contributed by atoms with van der Waals surface area (Å²) in [6.45, 7) is 6.03. The van der Waals surface area contributed by atoms with Crippen molar-refractivity contribution in [2.75, 3.05) is 13.1 Å². The minimum absolute atomic E-state index is 0.347. The maximum absolute atomic E-state index is 3.98. The first-order valence-corrected chi connectivity index (χ1v) is 9.78. The fourth-order valence-electron chi connectivity index (χ4n) is 5.03. The topological polar surface area (TPSA) is 15.3 Å². The highest BCUT2D eigenvalue weighted by Gasteiger charge is 2.47. The van der Waals surface area contributed by atoms with E-state index in [1.54, 1.807) is 0 Å². The zero-order chi connectivity index (χ0) is 15.7. The second-order valence-corrected chi connectivity index (χ2v) is 8.43. The van der Waals surface area contributed by atoms with Crippen LogP contribution in [0.2, 0.25) is 0 Å². The first kappa shape index (κ1) is 15.7. The molecule has 23 heavy (non-hydrogen) atoms. The van der Waals surface area contributed by atoms with Crippen molar-refractivity contribution in [3.05, 3.63) is 35.9 Å². The van der Waals surface area contributed by atoms with Crippen molar-refractivity contribution in [2.45, 2.75) is 70.0 Å². The monoisotopic (exact) mass is 312 g/mol. The van der Waals surface area contributed by atoms with Gasteiger partial charge in [0.05, 0.1) is 0 Å². The number of nitrogens with zero attached hydrogens (tertiary/aromatic N) is 1. The van der Waals surface area contributed by atoms with Crippen LogP contribution in [0, 0.1) is 11.8 Å². The van der Waals surface area contributed by atoms with Crippen molar-refractivity contribution >= 4 is 0 Å². The number of benzene rings is 1. The smallest absolute Gasteiger partial charge is 0.0309 e. The highest BCUT2D eigenvalue weighted by Crippen LogP contribution is 2.43. The summed E-state index contributed by atoms with van der Waals surface area (Å²) >= 11 is 0. The van der Waals surface area contributed by atoms with Crippen LogP contribution in [0.3, 0.4) is 0 Å². The van der Waals surface area contributed by atoms with Crippen LogP contribution in [-0.4, -0.2) is 29.6 Å². The lowest BCUT2D eigenvalue weighted by Crippen LogP contribution is -2.65. The third-order valence-corrected chi connectivity index (χ3v) is 6.62. The van der Waals surface area contributed by atoms with Crippen LogP contribution in [0.4, 0.5) is 0 Å². The summed E-state index contributed by atoms with van der Waals surface area (Å²) in [7, 11) is 0. The molecule has 1 N–H and O–H groups in total. The van der Waals surface area contributed by atoms with Gasteiger partial charge in [0, 0.05) is 31.2 Å². The van der Waals surface area contributed by atoms with Gasteiger partial charge in [-0.05, 0) is 50.0 Å². The predicted octanol–water partition coefficient (Wildman–Crippen LogP) is 4.21. The normalized spacial score (nSPS) is 33.7. The molecule has 3 aliphatic rings. The summed E-state index contributed by atoms with van der Waals surface area (Å²) in [6, 6.07) is 11.8. The molecular weight excluding hydrogens is 280 g/mol. The van der Waals surface area contributed by atoms with Crippen LogP contribution in [0.15, 0.2) is 30.3 Å². The molecular formula is C21H32N2. The maximum Gasteiger partial charge on any atom is 0.0309 e. The standard InChI is InChI=1S/C21H32N2/c1-21(19-12-13-19)16-23(15-17-8-4-2-5-9-17)20(14-22-21)18-10-6-3-7-11-18/h2,4-5,8-9,18-20,22H,3,6-7,10-16H2,1H3. The molecule has 1 aliphatic heterocycles. The lowest BCUT2D eigenvalue weighted by molar-refractivity contribution is 0.0282. The molecule has 2 saturated carbocycles. The molecule has 3 fully saturated rings. The Balaban J connectivity index is 1.51.